The molecule has 0 saturated carbocycles. The van der Waals surface area contributed by atoms with Gasteiger partial charge in [0.2, 0.25) is 5.91 Å². The molecule has 0 aliphatic carbocycles. The summed E-state index contributed by atoms with van der Waals surface area (Å²) in [5.74, 6) is 0.346. The Kier molecular flexibility index (Phi) is 5.30. The molecule has 1 amide bonds. The second kappa shape index (κ2) is 7.44. The quantitative estimate of drug-likeness (QED) is 0.846. The van der Waals surface area contributed by atoms with Crippen LogP contribution >= 0.6 is 15.9 Å². The number of carbonyl (C=O) groups excluding carboxylic acids is 1. The van der Waals surface area contributed by atoms with Crippen molar-refractivity contribution >= 4 is 27.5 Å². The summed E-state index contributed by atoms with van der Waals surface area (Å²) < 4.78 is 16.6. The van der Waals surface area contributed by atoms with Crippen molar-refractivity contribution < 1.29 is 9.18 Å². The van der Waals surface area contributed by atoms with Crippen molar-refractivity contribution in [3.63, 3.8) is 0 Å². The first-order valence-electron chi connectivity index (χ1n) is 7.99. The van der Waals surface area contributed by atoms with E-state index in [1.807, 2.05) is 13.1 Å². The van der Waals surface area contributed by atoms with Gasteiger partial charge in [0.1, 0.15) is 11.6 Å². The maximum atomic E-state index is 13.8. The second-order valence-electron chi connectivity index (χ2n) is 6.07. The summed E-state index contributed by atoms with van der Waals surface area (Å²) in [4.78, 5) is 18.7. The minimum atomic E-state index is -0.440. The van der Waals surface area contributed by atoms with E-state index < -0.39 is 5.82 Å². The first kappa shape index (κ1) is 17.1. The number of hydrogen-bond acceptors (Lipinski definition) is 3. The summed E-state index contributed by atoms with van der Waals surface area (Å²) in [6, 6.07) is 4.92. The third-order valence-corrected chi connectivity index (χ3v) is 4.88. The molecule has 0 spiro atoms. The predicted octanol–water partition coefficient (Wildman–Crippen LogP) is 3.20. The number of carbonyl (C=O) groups is 1. The van der Waals surface area contributed by atoms with Crippen LogP contribution in [0.1, 0.15) is 18.7 Å². The summed E-state index contributed by atoms with van der Waals surface area (Å²) in [5, 5.41) is 2.66. The molecule has 3 rings (SSSR count). The monoisotopic (exact) mass is 394 g/mol. The average Bonchev–Trinajstić information content (AvgIpc) is 3.13. The molecule has 1 aromatic carbocycles. The first-order chi connectivity index (χ1) is 11.5. The molecular formula is C17H20BrFN4O. The van der Waals surface area contributed by atoms with Gasteiger partial charge in [-0.25, -0.2) is 9.37 Å². The lowest BCUT2D eigenvalue weighted by atomic mass is 10.2. The molecule has 1 saturated heterocycles. The Hall–Kier alpha value is -1.73. The molecule has 5 nitrogen and oxygen atoms in total. The standard InChI is InChI=1S/C17H20BrFN4O/c1-12-20-6-8-22(12)10-14-3-2-7-23(14)11-17(24)21-16-5-4-13(18)9-15(16)19/h4-6,8-9,14H,2-3,7,10-11H2,1H3,(H,21,24)/t14-/m0/s1. The van der Waals surface area contributed by atoms with Crippen LogP contribution in [0.25, 0.3) is 0 Å². The fourth-order valence-corrected chi connectivity index (χ4v) is 3.43. The Morgan fingerprint density at radius 2 is 2.33 bits per heavy atom. The Morgan fingerprint density at radius 1 is 1.50 bits per heavy atom. The van der Waals surface area contributed by atoms with Gasteiger partial charge in [-0.1, -0.05) is 15.9 Å². The van der Waals surface area contributed by atoms with Gasteiger partial charge < -0.3 is 9.88 Å². The van der Waals surface area contributed by atoms with Crippen LogP contribution in [0, 0.1) is 12.7 Å². The van der Waals surface area contributed by atoms with Crippen molar-refractivity contribution in [1.82, 2.24) is 14.5 Å². The smallest absolute Gasteiger partial charge is 0.238 e. The number of aromatic nitrogens is 2. The SMILES string of the molecule is Cc1nccn1C[C@@H]1CCCN1CC(=O)Nc1ccc(Br)cc1F. The number of imidazole rings is 1. The van der Waals surface area contributed by atoms with Gasteiger partial charge in [-0.15, -0.1) is 0 Å². The number of benzene rings is 1. The fourth-order valence-electron chi connectivity index (χ4n) is 3.10. The lowest BCUT2D eigenvalue weighted by molar-refractivity contribution is -0.117. The minimum Gasteiger partial charge on any atom is -0.334 e. The number of rotatable bonds is 5. The number of aryl methyl sites for hydroxylation is 1. The van der Waals surface area contributed by atoms with E-state index in [9.17, 15) is 9.18 Å². The van der Waals surface area contributed by atoms with Crippen molar-refractivity contribution in [3.8, 4) is 0 Å². The molecule has 0 unspecified atom stereocenters. The molecular weight excluding hydrogens is 375 g/mol. The van der Waals surface area contributed by atoms with Crippen molar-refractivity contribution in [1.29, 1.82) is 0 Å². The molecule has 1 aliphatic heterocycles. The minimum absolute atomic E-state index is 0.189. The van der Waals surface area contributed by atoms with E-state index in [4.69, 9.17) is 0 Å². The third kappa shape index (κ3) is 4.02. The van der Waals surface area contributed by atoms with Gasteiger partial charge >= 0.3 is 0 Å². The zero-order valence-electron chi connectivity index (χ0n) is 13.5. The molecule has 2 aromatic rings. The van der Waals surface area contributed by atoms with E-state index in [0.717, 1.165) is 31.8 Å². The summed E-state index contributed by atoms with van der Waals surface area (Å²) in [6.45, 7) is 3.95. The summed E-state index contributed by atoms with van der Waals surface area (Å²) in [7, 11) is 0. The van der Waals surface area contributed by atoms with Crippen LogP contribution in [-0.2, 0) is 11.3 Å². The van der Waals surface area contributed by atoms with Gasteiger partial charge in [0.15, 0.2) is 0 Å². The molecule has 0 radical (unpaired) electrons. The maximum Gasteiger partial charge on any atom is 0.238 e. The van der Waals surface area contributed by atoms with Crippen LogP contribution in [0.4, 0.5) is 10.1 Å². The Morgan fingerprint density at radius 3 is 3.04 bits per heavy atom. The highest BCUT2D eigenvalue weighted by atomic mass is 79.9. The predicted molar refractivity (Wildman–Crippen MR) is 94.3 cm³/mol. The topological polar surface area (TPSA) is 50.2 Å². The van der Waals surface area contributed by atoms with E-state index in [2.05, 4.69) is 35.7 Å². The van der Waals surface area contributed by atoms with Crippen molar-refractivity contribution in [3.05, 3.63) is 46.7 Å². The Labute approximate surface area is 149 Å². The average molecular weight is 395 g/mol. The summed E-state index contributed by atoms with van der Waals surface area (Å²) >= 11 is 3.21. The zero-order valence-corrected chi connectivity index (χ0v) is 15.1. The molecule has 1 N–H and O–H groups in total. The number of amides is 1. The summed E-state index contributed by atoms with van der Waals surface area (Å²) in [6.07, 6.45) is 5.87. The molecule has 7 heteroatoms. The second-order valence-corrected chi connectivity index (χ2v) is 6.98. The van der Waals surface area contributed by atoms with E-state index >= 15 is 0 Å². The molecule has 1 fully saturated rings. The van der Waals surface area contributed by atoms with Crippen LogP contribution in [-0.4, -0.2) is 39.5 Å². The molecule has 24 heavy (non-hydrogen) atoms. The van der Waals surface area contributed by atoms with Crippen molar-refractivity contribution in [2.24, 2.45) is 0 Å². The largest absolute Gasteiger partial charge is 0.334 e. The summed E-state index contributed by atoms with van der Waals surface area (Å²) in [5.41, 5.74) is 0.212. The number of anilines is 1. The lowest BCUT2D eigenvalue weighted by Crippen LogP contribution is -2.39. The molecule has 0 bridgehead atoms. The number of halogens is 2. The Bertz CT molecular complexity index is 733. The van der Waals surface area contributed by atoms with Crippen LogP contribution in [0.5, 0.6) is 0 Å². The normalized spacial score (nSPS) is 18.0. The van der Waals surface area contributed by atoms with Crippen molar-refractivity contribution in [2.75, 3.05) is 18.4 Å². The van der Waals surface area contributed by atoms with Crippen LogP contribution in [0.15, 0.2) is 35.1 Å². The fraction of sp³-hybridized carbons (Fsp3) is 0.412. The van der Waals surface area contributed by atoms with Gasteiger partial charge in [-0.05, 0) is 44.5 Å². The highest BCUT2D eigenvalue weighted by Gasteiger charge is 2.27. The Balaban J connectivity index is 1.59. The van der Waals surface area contributed by atoms with Gasteiger partial charge in [-0.3, -0.25) is 9.69 Å². The zero-order chi connectivity index (χ0) is 17.1. The van der Waals surface area contributed by atoms with E-state index in [1.54, 1.807) is 18.3 Å². The number of hydrogen-bond donors (Lipinski definition) is 1. The van der Waals surface area contributed by atoms with Gasteiger partial charge in [0, 0.05) is 29.5 Å². The van der Waals surface area contributed by atoms with Crippen LogP contribution < -0.4 is 5.32 Å². The van der Waals surface area contributed by atoms with Gasteiger partial charge in [0.05, 0.1) is 12.2 Å². The molecule has 1 aliphatic rings. The number of nitrogens with one attached hydrogen (secondary N) is 1. The van der Waals surface area contributed by atoms with E-state index in [-0.39, 0.29) is 18.1 Å². The van der Waals surface area contributed by atoms with E-state index in [1.165, 1.54) is 6.07 Å². The van der Waals surface area contributed by atoms with Crippen molar-refractivity contribution in [2.45, 2.75) is 32.4 Å². The highest BCUT2D eigenvalue weighted by molar-refractivity contribution is 9.10. The number of likely N-dealkylation sites (tertiary alicyclic amines) is 1. The third-order valence-electron chi connectivity index (χ3n) is 4.38. The highest BCUT2D eigenvalue weighted by Crippen LogP contribution is 2.21. The molecule has 1 aromatic heterocycles. The number of nitrogens with zero attached hydrogens (tertiary/aromatic N) is 3. The maximum absolute atomic E-state index is 13.8. The van der Waals surface area contributed by atoms with E-state index in [0.29, 0.717) is 10.5 Å². The van der Waals surface area contributed by atoms with Gasteiger partial charge in [0.25, 0.3) is 0 Å². The first-order valence-corrected chi connectivity index (χ1v) is 8.79. The van der Waals surface area contributed by atoms with Crippen LogP contribution in [0.3, 0.4) is 0 Å². The van der Waals surface area contributed by atoms with Crippen LogP contribution in [0.2, 0.25) is 0 Å². The lowest BCUT2D eigenvalue weighted by Gasteiger charge is -2.24. The molecule has 1 atom stereocenters. The molecule has 2 heterocycles. The van der Waals surface area contributed by atoms with Gasteiger partial charge in [-0.2, -0.15) is 0 Å². The molecule has 128 valence electrons.